The number of rotatable bonds is 35. The predicted octanol–water partition coefficient (Wildman–Crippen LogP) is 11.9. The molecular weight excluding hydrogens is 598 g/mol. The number of hydrogen-bond acceptors (Lipinski definition) is 4. The third-order valence-corrected chi connectivity index (χ3v) is 8.46. The molecule has 0 aromatic carbocycles. The van der Waals surface area contributed by atoms with E-state index in [4.69, 9.17) is 9.84 Å². The van der Waals surface area contributed by atoms with Crippen molar-refractivity contribution in [3.8, 4) is 0 Å². The second-order valence-corrected chi connectivity index (χ2v) is 13.2. The molecule has 0 bridgehead atoms. The second kappa shape index (κ2) is 37.2. The Bertz CT molecular complexity index is 875. The topological polar surface area (TPSA) is 92.7 Å². The van der Waals surface area contributed by atoms with Gasteiger partial charge in [0.2, 0.25) is 5.91 Å². The van der Waals surface area contributed by atoms with Gasteiger partial charge < -0.3 is 15.2 Å². The van der Waals surface area contributed by atoms with Crippen molar-refractivity contribution in [3.63, 3.8) is 0 Å². The van der Waals surface area contributed by atoms with Gasteiger partial charge in [0, 0.05) is 12.8 Å². The Morgan fingerprint density at radius 3 is 1.56 bits per heavy atom. The minimum atomic E-state index is -1.03. The first-order valence-corrected chi connectivity index (χ1v) is 19.8. The lowest BCUT2D eigenvalue weighted by atomic mass is 10.1. The van der Waals surface area contributed by atoms with Gasteiger partial charge in [0.1, 0.15) is 12.6 Å². The van der Waals surface area contributed by atoms with Gasteiger partial charge >= 0.3 is 11.9 Å². The van der Waals surface area contributed by atoms with Crippen LogP contribution in [0.5, 0.6) is 0 Å². The molecule has 0 heterocycles. The molecule has 1 unspecified atom stereocenters. The molecule has 1 atom stereocenters. The molecule has 0 radical (unpaired) electrons. The summed E-state index contributed by atoms with van der Waals surface area (Å²) in [6.07, 6.45) is 46.8. The standard InChI is InChI=1S/C42H73NO5/c1-3-5-7-9-11-13-14-15-16-17-18-19-20-21-22-23-25-27-33-37-42(47)48-39(34-30-26-24-12-10-8-6-4-2)35-31-28-29-32-36-40(44)43-38-41(45)46/h11-13,15-16,24,30,34,39H,3-10,14,17-23,25-29,31-33,35-38H2,1-2H3,(H,43,44)(H,45,46)/b13-11-,16-15-,24-12-,34-30-. The van der Waals surface area contributed by atoms with Gasteiger partial charge in [-0.3, -0.25) is 14.4 Å². The Hall–Kier alpha value is -2.63. The van der Waals surface area contributed by atoms with E-state index < -0.39 is 5.97 Å². The number of carboxylic acid groups (broad SMARTS) is 1. The van der Waals surface area contributed by atoms with E-state index in [9.17, 15) is 14.4 Å². The van der Waals surface area contributed by atoms with Crippen molar-refractivity contribution in [2.24, 2.45) is 0 Å². The molecule has 0 spiro atoms. The fourth-order valence-electron chi connectivity index (χ4n) is 5.49. The van der Waals surface area contributed by atoms with E-state index in [1.54, 1.807) is 0 Å². The second-order valence-electron chi connectivity index (χ2n) is 13.2. The zero-order valence-corrected chi connectivity index (χ0v) is 31.1. The summed E-state index contributed by atoms with van der Waals surface area (Å²) in [6, 6.07) is 0. The zero-order valence-electron chi connectivity index (χ0n) is 31.1. The number of amides is 1. The number of hydrogen-bond donors (Lipinski definition) is 2. The van der Waals surface area contributed by atoms with Gasteiger partial charge in [0.25, 0.3) is 0 Å². The first kappa shape index (κ1) is 45.4. The number of carbonyl (C=O) groups excluding carboxylic acids is 2. The summed E-state index contributed by atoms with van der Waals surface area (Å²) in [7, 11) is 0. The van der Waals surface area contributed by atoms with Crippen LogP contribution < -0.4 is 5.32 Å². The molecular formula is C42H73NO5. The van der Waals surface area contributed by atoms with Crippen LogP contribution in [0, 0.1) is 0 Å². The van der Waals surface area contributed by atoms with Crippen molar-refractivity contribution in [1.29, 1.82) is 0 Å². The molecule has 276 valence electrons. The minimum Gasteiger partial charge on any atom is -0.480 e. The molecule has 0 rings (SSSR count). The summed E-state index contributed by atoms with van der Waals surface area (Å²) < 4.78 is 5.87. The van der Waals surface area contributed by atoms with Gasteiger partial charge in [0.15, 0.2) is 0 Å². The first-order chi connectivity index (χ1) is 23.5. The van der Waals surface area contributed by atoms with Crippen LogP contribution in [0.25, 0.3) is 0 Å². The number of esters is 1. The number of nitrogens with one attached hydrogen (secondary N) is 1. The summed E-state index contributed by atoms with van der Waals surface area (Å²) in [5.74, 6) is -1.36. The van der Waals surface area contributed by atoms with Crippen molar-refractivity contribution in [1.82, 2.24) is 5.32 Å². The molecule has 0 saturated heterocycles. The lowest BCUT2D eigenvalue weighted by Crippen LogP contribution is -2.28. The van der Waals surface area contributed by atoms with Crippen LogP contribution >= 0.6 is 0 Å². The summed E-state index contributed by atoms with van der Waals surface area (Å²) in [6.45, 7) is 4.13. The predicted molar refractivity (Wildman–Crippen MR) is 203 cm³/mol. The maximum Gasteiger partial charge on any atom is 0.322 e. The molecule has 0 aliphatic heterocycles. The maximum atomic E-state index is 12.6. The van der Waals surface area contributed by atoms with Gasteiger partial charge in [-0.2, -0.15) is 0 Å². The van der Waals surface area contributed by atoms with Gasteiger partial charge in [-0.05, 0) is 83.1 Å². The van der Waals surface area contributed by atoms with Crippen LogP contribution in [-0.4, -0.2) is 35.6 Å². The molecule has 6 nitrogen and oxygen atoms in total. The number of aliphatic carboxylic acids is 1. The summed E-state index contributed by atoms with van der Waals surface area (Å²) in [4.78, 5) is 34.9. The molecule has 0 aromatic heterocycles. The first-order valence-electron chi connectivity index (χ1n) is 19.8. The fourth-order valence-corrected chi connectivity index (χ4v) is 5.49. The SMILES string of the molecule is CCCCC/C=C\C/C=C\CCCCCCCCCCCC(=O)OC(/C=C\C/C=C\CCCCC)CCCCCCC(=O)NCC(=O)O. The molecule has 0 aliphatic rings. The summed E-state index contributed by atoms with van der Waals surface area (Å²) in [5.41, 5.74) is 0. The van der Waals surface area contributed by atoms with Crippen LogP contribution in [0.1, 0.15) is 187 Å². The van der Waals surface area contributed by atoms with Gasteiger partial charge in [-0.25, -0.2) is 0 Å². The Morgan fingerprint density at radius 2 is 1.02 bits per heavy atom. The average Bonchev–Trinajstić information content (AvgIpc) is 3.07. The summed E-state index contributed by atoms with van der Waals surface area (Å²) >= 11 is 0. The highest BCUT2D eigenvalue weighted by atomic mass is 16.5. The lowest BCUT2D eigenvalue weighted by Gasteiger charge is -2.14. The molecule has 2 N–H and O–H groups in total. The van der Waals surface area contributed by atoms with Crippen LogP contribution in [0.15, 0.2) is 48.6 Å². The molecule has 1 amide bonds. The van der Waals surface area contributed by atoms with Crippen molar-refractivity contribution < 1.29 is 24.2 Å². The number of carbonyl (C=O) groups is 3. The van der Waals surface area contributed by atoms with Crippen LogP contribution in [0.2, 0.25) is 0 Å². The quantitative estimate of drug-likeness (QED) is 0.0397. The Labute approximate surface area is 295 Å². The van der Waals surface area contributed by atoms with Crippen LogP contribution in [0.4, 0.5) is 0 Å². The van der Waals surface area contributed by atoms with Crippen molar-refractivity contribution >= 4 is 17.8 Å². The summed E-state index contributed by atoms with van der Waals surface area (Å²) in [5, 5.41) is 11.1. The number of ether oxygens (including phenoxy) is 1. The highest BCUT2D eigenvalue weighted by Crippen LogP contribution is 2.15. The average molecular weight is 672 g/mol. The van der Waals surface area contributed by atoms with Gasteiger partial charge in [0.05, 0.1) is 0 Å². The number of unbranched alkanes of at least 4 members (excludes halogenated alkanes) is 18. The van der Waals surface area contributed by atoms with E-state index in [0.717, 1.165) is 64.2 Å². The normalized spacial score (nSPS) is 12.5. The largest absolute Gasteiger partial charge is 0.480 e. The zero-order chi connectivity index (χ0) is 35.2. The molecule has 0 saturated carbocycles. The monoisotopic (exact) mass is 672 g/mol. The van der Waals surface area contributed by atoms with Crippen molar-refractivity contribution in [3.05, 3.63) is 48.6 Å². The van der Waals surface area contributed by atoms with Crippen molar-refractivity contribution in [2.75, 3.05) is 6.54 Å². The highest BCUT2D eigenvalue weighted by Gasteiger charge is 2.12. The fraction of sp³-hybridized carbons (Fsp3) is 0.738. The smallest absolute Gasteiger partial charge is 0.322 e. The van der Waals surface area contributed by atoms with Gasteiger partial charge in [-0.15, -0.1) is 0 Å². The molecule has 0 aromatic rings. The number of allylic oxidation sites excluding steroid dienone is 7. The van der Waals surface area contributed by atoms with E-state index in [1.165, 1.54) is 96.3 Å². The van der Waals surface area contributed by atoms with E-state index in [2.05, 4.69) is 61.7 Å². The molecule has 6 heteroatoms. The third kappa shape index (κ3) is 36.2. The minimum absolute atomic E-state index is 0.105. The van der Waals surface area contributed by atoms with Gasteiger partial charge in [-0.1, -0.05) is 140 Å². The van der Waals surface area contributed by atoms with E-state index in [-0.39, 0.29) is 24.5 Å². The highest BCUT2D eigenvalue weighted by molar-refractivity contribution is 5.80. The molecule has 48 heavy (non-hydrogen) atoms. The molecule has 0 aliphatic carbocycles. The van der Waals surface area contributed by atoms with Crippen LogP contribution in [0.3, 0.4) is 0 Å². The Kier molecular flexibility index (Phi) is 35.2. The van der Waals surface area contributed by atoms with Crippen LogP contribution in [-0.2, 0) is 19.1 Å². The molecule has 0 fully saturated rings. The Morgan fingerprint density at radius 1 is 0.562 bits per heavy atom. The van der Waals surface area contributed by atoms with Crippen molar-refractivity contribution in [2.45, 2.75) is 193 Å². The van der Waals surface area contributed by atoms with E-state index in [1.807, 2.05) is 6.08 Å². The Balaban J connectivity index is 4.09. The van der Waals surface area contributed by atoms with E-state index >= 15 is 0 Å². The lowest BCUT2D eigenvalue weighted by molar-refractivity contribution is -0.147. The van der Waals surface area contributed by atoms with E-state index in [0.29, 0.717) is 12.8 Å². The maximum absolute atomic E-state index is 12.6. The third-order valence-electron chi connectivity index (χ3n) is 8.46. The number of carboxylic acids is 1.